The molecule has 0 atom stereocenters. The molecule has 2 saturated heterocycles. The number of hydrogen-bond acceptors (Lipinski definition) is 3. The van der Waals surface area contributed by atoms with Gasteiger partial charge in [-0.15, -0.1) is 0 Å². The first-order valence-electron chi connectivity index (χ1n) is 7.58. The van der Waals surface area contributed by atoms with Gasteiger partial charge >= 0.3 is 0 Å². The predicted molar refractivity (Wildman–Crippen MR) is 74.3 cm³/mol. The van der Waals surface area contributed by atoms with Crippen LogP contribution in [0.2, 0.25) is 0 Å². The highest BCUT2D eigenvalue weighted by molar-refractivity contribution is 5.11. The first kappa shape index (κ1) is 13.8. The molecule has 0 spiro atoms. The minimum Gasteiger partial charge on any atom is -0.301 e. The van der Waals surface area contributed by atoms with Crippen LogP contribution in [0.1, 0.15) is 52.4 Å². The van der Waals surface area contributed by atoms with Crippen molar-refractivity contribution in [2.45, 2.75) is 64.0 Å². The van der Waals surface area contributed by atoms with E-state index < -0.39 is 0 Å². The van der Waals surface area contributed by atoms with Gasteiger partial charge in [-0.3, -0.25) is 4.90 Å². The lowest BCUT2D eigenvalue weighted by Gasteiger charge is -2.45. The lowest BCUT2D eigenvalue weighted by Crippen LogP contribution is -2.55. The van der Waals surface area contributed by atoms with Gasteiger partial charge in [0.2, 0.25) is 0 Å². The van der Waals surface area contributed by atoms with Crippen molar-refractivity contribution in [3.05, 3.63) is 0 Å². The molecule has 0 radical (unpaired) electrons. The maximum atomic E-state index is 9.70. The number of rotatable bonds is 2. The van der Waals surface area contributed by atoms with Crippen molar-refractivity contribution in [2.75, 3.05) is 26.2 Å². The standard InChI is InChI=1S/C15H27N3/c1-14(2)17-11-7-15(13-16,8-12-17)18-9-5-3-4-6-10-18/h14H,3-12H2,1-2H3. The van der Waals surface area contributed by atoms with Gasteiger partial charge in [-0.05, 0) is 52.6 Å². The summed E-state index contributed by atoms with van der Waals surface area (Å²) in [6.45, 7) is 8.95. The SMILES string of the molecule is CC(C)N1CCC(C#N)(N2CCCCCC2)CC1. The Morgan fingerprint density at radius 2 is 1.50 bits per heavy atom. The predicted octanol–water partition coefficient (Wildman–Crippen LogP) is 2.63. The fourth-order valence-corrected chi connectivity index (χ4v) is 3.41. The molecule has 3 heteroatoms. The second kappa shape index (κ2) is 6.04. The molecule has 3 nitrogen and oxygen atoms in total. The van der Waals surface area contributed by atoms with Crippen molar-refractivity contribution >= 4 is 0 Å². The minimum atomic E-state index is -0.157. The van der Waals surface area contributed by atoms with E-state index >= 15 is 0 Å². The fraction of sp³-hybridized carbons (Fsp3) is 0.933. The normalized spacial score (nSPS) is 26.8. The van der Waals surface area contributed by atoms with Crippen LogP contribution in [-0.4, -0.2) is 47.6 Å². The molecule has 0 bridgehead atoms. The summed E-state index contributed by atoms with van der Waals surface area (Å²) in [6.07, 6.45) is 7.30. The van der Waals surface area contributed by atoms with Crippen LogP contribution in [0.3, 0.4) is 0 Å². The molecule has 0 saturated carbocycles. The summed E-state index contributed by atoms with van der Waals surface area (Å²) in [6, 6.07) is 3.29. The van der Waals surface area contributed by atoms with Gasteiger partial charge in [0.1, 0.15) is 5.54 Å². The number of hydrogen-bond donors (Lipinski definition) is 0. The minimum absolute atomic E-state index is 0.157. The maximum absolute atomic E-state index is 9.70. The van der Waals surface area contributed by atoms with Gasteiger partial charge in [0.15, 0.2) is 0 Å². The molecule has 2 rings (SSSR count). The van der Waals surface area contributed by atoms with Gasteiger partial charge in [0, 0.05) is 19.1 Å². The lowest BCUT2D eigenvalue weighted by atomic mass is 9.86. The quantitative estimate of drug-likeness (QED) is 0.753. The third-order valence-electron chi connectivity index (χ3n) is 4.77. The van der Waals surface area contributed by atoms with Gasteiger partial charge in [-0.2, -0.15) is 5.26 Å². The Balaban J connectivity index is 2.01. The van der Waals surface area contributed by atoms with Crippen LogP contribution in [-0.2, 0) is 0 Å². The van der Waals surface area contributed by atoms with Crippen LogP contribution >= 0.6 is 0 Å². The summed E-state index contributed by atoms with van der Waals surface area (Å²) in [5, 5.41) is 9.70. The monoisotopic (exact) mass is 249 g/mol. The zero-order valence-electron chi connectivity index (χ0n) is 12.0. The largest absolute Gasteiger partial charge is 0.301 e. The van der Waals surface area contributed by atoms with Crippen LogP contribution < -0.4 is 0 Å². The van der Waals surface area contributed by atoms with Gasteiger partial charge < -0.3 is 4.90 Å². The summed E-state index contributed by atoms with van der Waals surface area (Å²) in [5.74, 6) is 0. The van der Waals surface area contributed by atoms with Crippen molar-refractivity contribution in [2.24, 2.45) is 0 Å². The second-order valence-corrected chi connectivity index (χ2v) is 6.17. The van der Waals surface area contributed by atoms with Crippen LogP contribution in [0.5, 0.6) is 0 Å². The molecule has 18 heavy (non-hydrogen) atoms. The summed E-state index contributed by atoms with van der Waals surface area (Å²) >= 11 is 0. The molecular formula is C15H27N3. The third-order valence-corrected chi connectivity index (χ3v) is 4.77. The molecule has 0 aromatic rings. The number of nitrogens with zero attached hydrogens (tertiary/aromatic N) is 3. The molecule has 102 valence electrons. The molecule has 2 aliphatic rings. The molecule has 2 aliphatic heterocycles. The molecular weight excluding hydrogens is 222 g/mol. The van der Waals surface area contributed by atoms with E-state index in [-0.39, 0.29) is 5.54 Å². The van der Waals surface area contributed by atoms with Crippen LogP contribution in [0, 0.1) is 11.3 Å². The highest BCUT2D eigenvalue weighted by Gasteiger charge is 2.40. The lowest BCUT2D eigenvalue weighted by molar-refractivity contribution is 0.0514. The topological polar surface area (TPSA) is 30.3 Å². The summed E-state index contributed by atoms with van der Waals surface area (Å²) in [7, 11) is 0. The van der Waals surface area contributed by atoms with E-state index in [0.717, 1.165) is 39.0 Å². The number of nitriles is 1. The zero-order valence-corrected chi connectivity index (χ0v) is 12.0. The first-order chi connectivity index (χ1) is 8.68. The zero-order chi connectivity index (χ0) is 13.0. The molecule has 0 unspecified atom stereocenters. The maximum Gasteiger partial charge on any atom is 0.111 e. The van der Waals surface area contributed by atoms with Crippen molar-refractivity contribution in [3.63, 3.8) is 0 Å². The highest BCUT2D eigenvalue weighted by atomic mass is 15.2. The van der Waals surface area contributed by atoms with E-state index in [9.17, 15) is 5.26 Å². The van der Waals surface area contributed by atoms with E-state index in [1.165, 1.54) is 25.7 Å². The molecule has 2 fully saturated rings. The van der Waals surface area contributed by atoms with E-state index in [1.807, 2.05) is 0 Å². The summed E-state index contributed by atoms with van der Waals surface area (Å²) in [4.78, 5) is 5.01. The van der Waals surface area contributed by atoms with E-state index in [1.54, 1.807) is 0 Å². The van der Waals surface area contributed by atoms with Crippen LogP contribution in [0.15, 0.2) is 0 Å². The molecule has 0 amide bonds. The van der Waals surface area contributed by atoms with Crippen LogP contribution in [0.4, 0.5) is 0 Å². The third kappa shape index (κ3) is 2.87. The average Bonchev–Trinajstić information content (AvgIpc) is 2.68. The van der Waals surface area contributed by atoms with E-state index in [4.69, 9.17) is 0 Å². The smallest absolute Gasteiger partial charge is 0.111 e. The summed E-state index contributed by atoms with van der Waals surface area (Å²) < 4.78 is 0. The Morgan fingerprint density at radius 1 is 0.944 bits per heavy atom. The Kier molecular flexibility index (Phi) is 4.64. The number of piperidine rings is 1. The summed E-state index contributed by atoms with van der Waals surface area (Å²) in [5.41, 5.74) is -0.157. The van der Waals surface area contributed by atoms with Gasteiger partial charge in [-0.1, -0.05) is 12.8 Å². The highest BCUT2D eigenvalue weighted by Crippen LogP contribution is 2.31. The van der Waals surface area contributed by atoms with Gasteiger partial charge in [0.05, 0.1) is 6.07 Å². The van der Waals surface area contributed by atoms with Gasteiger partial charge in [-0.25, -0.2) is 0 Å². The van der Waals surface area contributed by atoms with Crippen molar-refractivity contribution < 1.29 is 0 Å². The first-order valence-corrected chi connectivity index (χ1v) is 7.58. The van der Waals surface area contributed by atoms with Crippen LogP contribution in [0.25, 0.3) is 0 Å². The molecule has 0 N–H and O–H groups in total. The molecule has 0 aromatic carbocycles. The van der Waals surface area contributed by atoms with Crippen molar-refractivity contribution in [1.82, 2.24) is 9.80 Å². The van der Waals surface area contributed by atoms with Crippen molar-refractivity contribution in [1.29, 1.82) is 5.26 Å². The van der Waals surface area contributed by atoms with E-state index in [0.29, 0.717) is 6.04 Å². The Bertz CT molecular complexity index is 289. The molecule has 0 aromatic heterocycles. The second-order valence-electron chi connectivity index (χ2n) is 6.17. The van der Waals surface area contributed by atoms with Gasteiger partial charge in [0.25, 0.3) is 0 Å². The van der Waals surface area contributed by atoms with E-state index in [2.05, 4.69) is 29.7 Å². The molecule has 0 aliphatic carbocycles. The van der Waals surface area contributed by atoms with Crippen molar-refractivity contribution in [3.8, 4) is 6.07 Å². The Hall–Kier alpha value is -0.590. The fourth-order valence-electron chi connectivity index (χ4n) is 3.41. The Labute approximate surface area is 112 Å². The number of likely N-dealkylation sites (tertiary alicyclic amines) is 2. The average molecular weight is 249 g/mol. The Morgan fingerprint density at radius 3 is 1.94 bits per heavy atom. The molecule has 2 heterocycles.